The quantitative estimate of drug-likeness (QED) is 0.552. The second-order valence-electron chi connectivity index (χ2n) is 2.40. The maximum absolute atomic E-state index is 5.16. The fourth-order valence-electron chi connectivity index (χ4n) is 0.953. The second-order valence-corrected chi connectivity index (χ2v) is 2.40. The molecule has 2 unspecified atom stereocenters. The van der Waals surface area contributed by atoms with Crippen molar-refractivity contribution in [3.63, 3.8) is 0 Å². The van der Waals surface area contributed by atoms with Gasteiger partial charge >= 0.3 is 0 Å². The third-order valence-corrected chi connectivity index (χ3v) is 1.51. The van der Waals surface area contributed by atoms with Crippen LogP contribution in [0.3, 0.4) is 0 Å². The molecule has 1 aliphatic heterocycles. The largest absolute Gasteiger partial charge is 0.298 e. The summed E-state index contributed by atoms with van der Waals surface area (Å²) in [5.41, 5.74) is 2.92. The van der Waals surface area contributed by atoms with Crippen molar-refractivity contribution in [1.82, 2.24) is 5.48 Å². The summed E-state index contributed by atoms with van der Waals surface area (Å²) >= 11 is 0. The van der Waals surface area contributed by atoms with Gasteiger partial charge in [-0.15, -0.1) is 0 Å². The van der Waals surface area contributed by atoms with Crippen LogP contribution in [0.5, 0.6) is 0 Å². The fraction of sp³-hybridized carbons (Fsp3) is 1.00. The lowest BCUT2D eigenvalue weighted by molar-refractivity contribution is 0.0262. The fourth-order valence-corrected chi connectivity index (χ4v) is 0.953. The molecule has 0 bridgehead atoms. The average molecular weight is 115 g/mol. The van der Waals surface area contributed by atoms with Crippen molar-refractivity contribution in [2.75, 3.05) is 0 Å². The van der Waals surface area contributed by atoms with Gasteiger partial charge in [0.15, 0.2) is 0 Å². The van der Waals surface area contributed by atoms with Gasteiger partial charge in [0, 0.05) is 6.04 Å². The van der Waals surface area contributed by atoms with Gasteiger partial charge in [0.2, 0.25) is 0 Å². The Labute approximate surface area is 50.2 Å². The number of rotatable bonds is 1. The monoisotopic (exact) mass is 115 g/mol. The summed E-state index contributed by atoms with van der Waals surface area (Å²) < 4.78 is 0. The van der Waals surface area contributed by atoms with Crippen molar-refractivity contribution in [2.24, 2.45) is 0 Å². The second kappa shape index (κ2) is 2.46. The highest BCUT2D eigenvalue weighted by atomic mass is 16.7. The Hall–Kier alpha value is -0.0800. The SMILES string of the molecule is CCC1CC(C)NO1. The van der Waals surface area contributed by atoms with Gasteiger partial charge in [-0.2, -0.15) is 5.48 Å². The lowest BCUT2D eigenvalue weighted by Crippen LogP contribution is -2.14. The Morgan fingerprint density at radius 2 is 2.50 bits per heavy atom. The third kappa shape index (κ3) is 1.20. The molecule has 0 radical (unpaired) electrons. The molecule has 2 heteroatoms. The zero-order valence-electron chi connectivity index (χ0n) is 5.48. The Morgan fingerprint density at radius 3 is 2.75 bits per heavy atom. The van der Waals surface area contributed by atoms with Gasteiger partial charge in [0.25, 0.3) is 0 Å². The van der Waals surface area contributed by atoms with Crippen LogP contribution in [0.1, 0.15) is 26.7 Å². The van der Waals surface area contributed by atoms with Crippen LogP contribution in [0.15, 0.2) is 0 Å². The molecule has 0 spiro atoms. The first-order chi connectivity index (χ1) is 3.83. The van der Waals surface area contributed by atoms with Crippen LogP contribution in [0.4, 0.5) is 0 Å². The van der Waals surface area contributed by atoms with Gasteiger partial charge in [-0.1, -0.05) is 6.92 Å². The molecule has 0 aromatic carbocycles. The summed E-state index contributed by atoms with van der Waals surface area (Å²) in [4.78, 5) is 5.16. The van der Waals surface area contributed by atoms with Gasteiger partial charge in [-0.05, 0) is 19.8 Å². The predicted molar refractivity (Wildman–Crippen MR) is 32.4 cm³/mol. The maximum Gasteiger partial charge on any atom is 0.0803 e. The molecule has 0 aromatic heterocycles. The van der Waals surface area contributed by atoms with Crippen molar-refractivity contribution in [1.29, 1.82) is 0 Å². The molecule has 2 nitrogen and oxygen atoms in total. The van der Waals surface area contributed by atoms with Crippen molar-refractivity contribution < 1.29 is 4.84 Å². The number of hydroxylamine groups is 1. The first-order valence-corrected chi connectivity index (χ1v) is 3.24. The lowest BCUT2D eigenvalue weighted by atomic mass is 10.1. The van der Waals surface area contributed by atoms with E-state index in [1.54, 1.807) is 0 Å². The minimum absolute atomic E-state index is 0.463. The van der Waals surface area contributed by atoms with E-state index in [-0.39, 0.29) is 0 Å². The number of hydrogen-bond acceptors (Lipinski definition) is 2. The van der Waals surface area contributed by atoms with Crippen molar-refractivity contribution in [2.45, 2.75) is 38.8 Å². The van der Waals surface area contributed by atoms with Gasteiger partial charge in [0.05, 0.1) is 6.10 Å². The van der Waals surface area contributed by atoms with E-state index >= 15 is 0 Å². The average Bonchev–Trinajstić information content (AvgIpc) is 2.14. The third-order valence-electron chi connectivity index (χ3n) is 1.51. The number of nitrogens with one attached hydrogen (secondary N) is 1. The molecule has 48 valence electrons. The van der Waals surface area contributed by atoms with Gasteiger partial charge < -0.3 is 0 Å². The van der Waals surface area contributed by atoms with E-state index in [1.807, 2.05) is 0 Å². The summed E-state index contributed by atoms with van der Waals surface area (Å²) in [5, 5.41) is 0. The highest BCUT2D eigenvalue weighted by Crippen LogP contribution is 2.11. The van der Waals surface area contributed by atoms with E-state index in [0.717, 1.165) is 12.8 Å². The molecule has 1 heterocycles. The molecule has 1 saturated heterocycles. The molecule has 2 atom stereocenters. The smallest absolute Gasteiger partial charge is 0.0803 e. The highest BCUT2D eigenvalue weighted by Gasteiger charge is 2.19. The topological polar surface area (TPSA) is 21.3 Å². The Morgan fingerprint density at radius 1 is 1.75 bits per heavy atom. The molecule has 0 amide bonds. The molecule has 1 aliphatic rings. The normalized spacial score (nSPS) is 38.2. The molecule has 8 heavy (non-hydrogen) atoms. The molecule has 0 aromatic rings. The first-order valence-electron chi connectivity index (χ1n) is 3.24. The molecular formula is C6H13NO. The minimum atomic E-state index is 0.463. The molecule has 1 N–H and O–H groups in total. The first kappa shape index (κ1) is 6.05. The molecular weight excluding hydrogens is 102 g/mol. The standard InChI is InChI=1S/C6H13NO/c1-3-6-4-5(2)7-8-6/h5-7H,3-4H2,1-2H3. The Balaban J connectivity index is 2.22. The Bertz CT molecular complexity index is 74.9. The van der Waals surface area contributed by atoms with E-state index in [1.165, 1.54) is 0 Å². The van der Waals surface area contributed by atoms with Crippen LogP contribution in [0, 0.1) is 0 Å². The van der Waals surface area contributed by atoms with E-state index in [4.69, 9.17) is 4.84 Å². The predicted octanol–water partition coefficient (Wildman–Crippen LogP) is 1.08. The molecule has 0 aliphatic carbocycles. The zero-order chi connectivity index (χ0) is 5.98. The summed E-state index contributed by atoms with van der Waals surface area (Å²) in [5.74, 6) is 0. The van der Waals surface area contributed by atoms with Crippen LogP contribution < -0.4 is 5.48 Å². The summed E-state index contributed by atoms with van der Waals surface area (Å²) in [6.45, 7) is 4.28. The van der Waals surface area contributed by atoms with Crippen LogP contribution in [-0.2, 0) is 4.84 Å². The van der Waals surface area contributed by atoms with Crippen LogP contribution in [0.25, 0.3) is 0 Å². The number of hydrogen-bond donors (Lipinski definition) is 1. The van der Waals surface area contributed by atoms with Gasteiger partial charge in [-0.3, -0.25) is 4.84 Å². The molecule has 0 saturated carbocycles. The highest BCUT2D eigenvalue weighted by molar-refractivity contribution is 4.68. The van der Waals surface area contributed by atoms with E-state index in [0.29, 0.717) is 12.1 Å². The minimum Gasteiger partial charge on any atom is -0.298 e. The van der Waals surface area contributed by atoms with E-state index < -0.39 is 0 Å². The Kier molecular flexibility index (Phi) is 1.86. The van der Waals surface area contributed by atoms with Crippen LogP contribution >= 0.6 is 0 Å². The van der Waals surface area contributed by atoms with Crippen molar-refractivity contribution in [3.8, 4) is 0 Å². The van der Waals surface area contributed by atoms with Crippen LogP contribution in [-0.4, -0.2) is 12.1 Å². The molecule has 1 fully saturated rings. The van der Waals surface area contributed by atoms with Crippen LogP contribution in [0.2, 0.25) is 0 Å². The molecule has 1 rings (SSSR count). The lowest BCUT2D eigenvalue weighted by Gasteiger charge is -1.99. The maximum atomic E-state index is 5.16. The summed E-state index contributed by atoms with van der Waals surface area (Å²) in [6.07, 6.45) is 2.75. The van der Waals surface area contributed by atoms with E-state index in [2.05, 4.69) is 19.3 Å². The summed E-state index contributed by atoms with van der Waals surface area (Å²) in [7, 11) is 0. The van der Waals surface area contributed by atoms with Gasteiger partial charge in [-0.25, -0.2) is 0 Å². The summed E-state index contributed by atoms with van der Waals surface area (Å²) in [6, 6.07) is 0.556. The van der Waals surface area contributed by atoms with Crippen molar-refractivity contribution in [3.05, 3.63) is 0 Å². The van der Waals surface area contributed by atoms with Gasteiger partial charge in [0.1, 0.15) is 0 Å². The van der Waals surface area contributed by atoms with E-state index in [9.17, 15) is 0 Å². The zero-order valence-corrected chi connectivity index (χ0v) is 5.48. The van der Waals surface area contributed by atoms with Crippen molar-refractivity contribution >= 4 is 0 Å².